The van der Waals surface area contributed by atoms with Crippen molar-refractivity contribution in [3.8, 4) is 0 Å². The van der Waals surface area contributed by atoms with E-state index in [1.165, 1.54) is 38.0 Å². The summed E-state index contributed by atoms with van der Waals surface area (Å²) in [6.07, 6.45) is 17.8. The van der Waals surface area contributed by atoms with Gasteiger partial charge in [0.1, 0.15) is 0 Å². The van der Waals surface area contributed by atoms with Crippen LogP contribution in [-0.2, 0) is 0 Å². The number of rotatable bonds is 7. The highest BCUT2D eigenvalue weighted by Gasteiger charge is 2.35. The Morgan fingerprint density at radius 3 is 2.12 bits per heavy atom. The van der Waals surface area contributed by atoms with Crippen molar-refractivity contribution in [3.05, 3.63) is 24.3 Å². The molecule has 0 fully saturated rings. The Kier molecular flexibility index (Phi) is 6.49. The standard InChI is InChI=1S/C16H29P/c1-5-7-13-17(14-8-6-2)16(4)12-10-9-11-15(16)3/h9-12,15H,5-8,13-14H2,1-4H3. The fraction of sp³-hybridized carbons (Fsp3) is 0.750. The van der Waals surface area contributed by atoms with Crippen LogP contribution >= 0.6 is 7.92 Å². The molecule has 2 unspecified atom stereocenters. The van der Waals surface area contributed by atoms with Crippen LogP contribution in [0.25, 0.3) is 0 Å². The van der Waals surface area contributed by atoms with Crippen molar-refractivity contribution in [3.63, 3.8) is 0 Å². The van der Waals surface area contributed by atoms with Crippen LogP contribution in [0.1, 0.15) is 53.4 Å². The zero-order chi connectivity index (χ0) is 12.7. The Labute approximate surface area is 109 Å². The van der Waals surface area contributed by atoms with Crippen molar-refractivity contribution in [1.82, 2.24) is 0 Å². The van der Waals surface area contributed by atoms with Crippen LogP contribution in [0.2, 0.25) is 0 Å². The molecule has 0 bridgehead atoms. The fourth-order valence-corrected chi connectivity index (χ4v) is 6.05. The molecule has 1 aliphatic rings. The Hall–Kier alpha value is -0.0900. The van der Waals surface area contributed by atoms with E-state index in [9.17, 15) is 0 Å². The maximum Gasteiger partial charge on any atom is 0.0119 e. The van der Waals surface area contributed by atoms with Crippen LogP contribution in [-0.4, -0.2) is 17.5 Å². The molecule has 1 aliphatic carbocycles. The number of hydrogen-bond acceptors (Lipinski definition) is 0. The van der Waals surface area contributed by atoms with Gasteiger partial charge in [-0.1, -0.05) is 72.8 Å². The van der Waals surface area contributed by atoms with Crippen LogP contribution in [0, 0.1) is 5.92 Å². The Balaban J connectivity index is 2.72. The SMILES string of the molecule is CCCCP(CCCC)C1(C)C=CC=CC1C. The number of allylic oxidation sites excluding steroid dienone is 4. The molecule has 0 saturated heterocycles. The molecular formula is C16H29P. The van der Waals surface area contributed by atoms with Crippen LogP contribution in [0.5, 0.6) is 0 Å². The highest BCUT2D eigenvalue weighted by Crippen LogP contribution is 2.56. The molecule has 0 aliphatic heterocycles. The van der Waals surface area contributed by atoms with Gasteiger partial charge >= 0.3 is 0 Å². The summed E-state index contributed by atoms with van der Waals surface area (Å²) in [5.74, 6) is 0.715. The van der Waals surface area contributed by atoms with E-state index >= 15 is 0 Å². The van der Waals surface area contributed by atoms with Crippen molar-refractivity contribution in [1.29, 1.82) is 0 Å². The summed E-state index contributed by atoms with van der Waals surface area (Å²) in [4.78, 5) is 0. The normalized spacial score (nSPS) is 27.9. The third-order valence-electron chi connectivity index (χ3n) is 4.11. The van der Waals surface area contributed by atoms with E-state index in [4.69, 9.17) is 0 Å². The van der Waals surface area contributed by atoms with Crippen LogP contribution in [0.15, 0.2) is 24.3 Å². The minimum Gasteiger partial charge on any atom is -0.0961 e. The molecule has 98 valence electrons. The summed E-state index contributed by atoms with van der Waals surface area (Å²) >= 11 is 0. The van der Waals surface area contributed by atoms with E-state index in [-0.39, 0.29) is 7.92 Å². The van der Waals surface area contributed by atoms with E-state index < -0.39 is 0 Å². The monoisotopic (exact) mass is 252 g/mol. The molecule has 1 rings (SSSR count). The van der Waals surface area contributed by atoms with E-state index in [2.05, 4.69) is 52.0 Å². The smallest absolute Gasteiger partial charge is 0.0119 e. The van der Waals surface area contributed by atoms with Gasteiger partial charge in [-0.25, -0.2) is 0 Å². The average molecular weight is 252 g/mol. The molecule has 0 saturated carbocycles. The average Bonchev–Trinajstić information content (AvgIpc) is 2.33. The summed E-state index contributed by atoms with van der Waals surface area (Å²) in [5.41, 5.74) is 0. The molecule has 0 N–H and O–H groups in total. The number of unbranched alkanes of at least 4 members (excludes halogenated alkanes) is 2. The Bertz CT molecular complexity index is 259. The van der Waals surface area contributed by atoms with Crippen molar-refractivity contribution in [2.24, 2.45) is 5.92 Å². The van der Waals surface area contributed by atoms with Crippen LogP contribution in [0.3, 0.4) is 0 Å². The molecule has 0 heterocycles. The third-order valence-corrected chi connectivity index (χ3v) is 7.74. The molecule has 0 spiro atoms. The summed E-state index contributed by atoms with van der Waals surface area (Å²) in [7, 11) is 0.150. The lowest BCUT2D eigenvalue weighted by Crippen LogP contribution is -2.31. The molecule has 0 aromatic rings. The predicted octanol–water partition coefficient (Wildman–Crippen LogP) is 5.59. The first-order valence-corrected chi connectivity index (χ1v) is 8.97. The van der Waals surface area contributed by atoms with Gasteiger partial charge in [0, 0.05) is 5.16 Å². The topological polar surface area (TPSA) is 0 Å². The number of hydrogen-bond donors (Lipinski definition) is 0. The second-order valence-electron chi connectivity index (χ2n) is 5.45. The van der Waals surface area contributed by atoms with Gasteiger partial charge in [0.25, 0.3) is 0 Å². The molecule has 0 amide bonds. The molecule has 17 heavy (non-hydrogen) atoms. The molecule has 0 aromatic carbocycles. The lowest BCUT2D eigenvalue weighted by atomic mass is 9.91. The molecule has 0 aromatic heterocycles. The summed E-state index contributed by atoms with van der Waals surface area (Å²) < 4.78 is 0. The van der Waals surface area contributed by atoms with Gasteiger partial charge in [0.15, 0.2) is 0 Å². The maximum atomic E-state index is 2.49. The zero-order valence-corrected chi connectivity index (χ0v) is 13.0. The molecule has 0 nitrogen and oxygen atoms in total. The Morgan fingerprint density at radius 2 is 1.65 bits per heavy atom. The van der Waals surface area contributed by atoms with Gasteiger partial charge in [-0.3, -0.25) is 0 Å². The van der Waals surface area contributed by atoms with Gasteiger partial charge in [0.2, 0.25) is 0 Å². The minimum absolute atomic E-state index is 0.150. The highest BCUT2D eigenvalue weighted by molar-refractivity contribution is 7.59. The highest BCUT2D eigenvalue weighted by atomic mass is 31.1. The summed E-state index contributed by atoms with van der Waals surface area (Å²) in [6.45, 7) is 9.52. The second-order valence-corrected chi connectivity index (χ2v) is 8.39. The third kappa shape index (κ3) is 3.95. The first kappa shape index (κ1) is 15.0. The zero-order valence-electron chi connectivity index (χ0n) is 12.1. The van der Waals surface area contributed by atoms with Gasteiger partial charge < -0.3 is 0 Å². The van der Waals surface area contributed by atoms with Gasteiger partial charge in [0.05, 0.1) is 0 Å². The minimum atomic E-state index is 0.150. The van der Waals surface area contributed by atoms with Crippen molar-refractivity contribution in [2.75, 3.05) is 12.3 Å². The van der Waals surface area contributed by atoms with Crippen LogP contribution in [0.4, 0.5) is 0 Å². The first-order valence-electron chi connectivity index (χ1n) is 7.26. The van der Waals surface area contributed by atoms with Gasteiger partial charge in [-0.2, -0.15) is 0 Å². The lowest BCUT2D eigenvalue weighted by Gasteiger charge is -2.41. The summed E-state index contributed by atoms with van der Waals surface area (Å²) in [6, 6.07) is 0. The maximum absolute atomic E-state index is 2.49. The second kappa shape index (κ2) is 7.37. The first-order chi connectivity index (χ1) is 8.15. The van der Waals surface area contributed by atoms with Gasteiger partial charge in [-0.15, -0.1) is 0 Å². The predicted molar refractivity (Wildman–Crippen MR) is 82.3 cm³/mol. The van der Waals surface area contributed by atoms with Crippen molar-refractivity contribution in [2.45, 2.75) is 58.5 Å². The van der Waals surface area contributed by atoms with E-state index in [0.29, 0.717) is 11.1 Å². The largest absolute Gasteiger partial charge is 0.0961 e. The quantitative estimate of drug-likeness (QED) is 0.518. The van der Waals surface area contributed by atoms with Crippen molar-refractivity contribution >= 4 is 7.92 Å². The molecule has 2 atom stereocenters. The molecular weight excluding hydrogens is 223 g/mol. The molecule has 0 radical (unpaired) electrons. The van der Waals surface area contributed by atoms with E-state index in [0.717, 1.165) is 0 Å². The summed E-state index contributed by atoms with van der Waals surface area (Å²) in [5, 5.41) is 0.453. The van der Waals surface area contributed by atoms with Gasteiger partial charge in [-0.05, 0) is 31.1 Å². The lowest BCUT2D eigenvalue weighted by molar-refractivity contribution is 0.584. The van der Waals surface area contributed by atoms with Crippen molar-refractivity contribution < 1.29 is 0 Å². The van der Waals surface area contributed by atoms with E-state index in [1.54, 1.807) is 0 Å². The van der Waals surface area contributed by atoms with Crippen LogP contribution < -0.4 is 0 Å². The Morgan fingerprint density at radius 1 is 1.06 bits per heavy atom. The molecule has 1 heteroatoms. The fourth-order valence-electron chi connectivity index (χ4n) is 2.51. The van der Waals surface area contributed by atoms with E-state index in [1.807, 2.05) is 0 Å².